The summed E-state index contributed by atoms with van der Waals surface area (Å²) in [6, 6.07) is 8.93. The highest BCUT2D eigenvalue weighted by molar-refractivity contribution is 5.75. The third-order valence-electron chi connectivity index (χ3n) is 2.94. The van der Waals surface area contributed by atoms with Crippen LogP contribution in [-0.2, 0) is 30.3 Å². The maximum absolute atomic E-state index is 12.4. The molecule has 0 spiro atoms. The summed E-state index contributed by atoms with van der Waals surface area (Å²) in [7, 11) is 0. The molecule has 7 nitrogen and oxygen atoms in total. The van der Waals surface area contributed by atoms with Crippen molar-refractivity contribution in [3.63, 3.8) is 0 Å². The summed E-state index contributed by atoms with van der Waals surface area (Å²) in [6.45, 7) is 0.0355. The maximum atomic E-state index is 12.4. The van der Waals surface area contributed by atoms with Crippen molar-refractivity contribution in [2.45, 2.75) is 25.2 Å². The summed E-state index contributed by atoms with van der Waals surface area (Å²) in [4.78, 5) is 11.0. The van der Waals surface area contributed by atoms with Gasteiger partial charge in [-0.05, 0) is 5.56 Å². The number of carbonyl (C=O) groups excluding carboxylic acids is 1. The average molecular weight is 381 g/mol. The SMILES string of the molecule is NCCOCCOC(OC(=O)C(F)(F)F)[C@H](O)COCc1ccccc1. The van der Waals surface area contributed by atoms with Gasteiger partial charge < -0.3 is 29.8 Å². The Morgan fingerprint density at radius 1 is 1.12 bits per heavy atom. The van der Waals surface area contributed by atoms with Gasteiger partial charge in [-0.15, -0.1) is 0 Å². The highest BCUT2D eigenvalue weighted by Gasteiger charge is 2.43. The monoisotopic (exact) mass is 381 g/mol. The van der Waals surface area contributed by atoms with Crippen molar-refractivity contribution < 1.29 is 42.0 Å². The Morgan fingerprint density at radius 2 is 1.81 bits per heavy atom. The zero-order valence-electron chi connectivity index (χ0n) is 14.0. The Labute approximate surface area is 148 Å². The second-order valence-electron chi connectivity index (χ2n) is 5.11. The molecule has 0 bridgehead atoms. The van der Waals surface area contributed by atoms with E-state index in [0.29, 0.717) is 0 Å². The molecule has 1 unspecified atom stereocenters. The lowest BCUT2D eigenvalue weighted by molar-refractivity contribution is -0.245. The quantitative estimate of drug-likeness (QED) is 0.316. The van der Waals surface area contributed by atoms with Crippen LogP contribution in [0.2, 0.25) is 0 Å². The molecule has 0 aliphatic rings. The largest absolute Gasteiger partial charge is 0.491 e. The van der Waals surface area contributed by atoms with Gasteiger partial charge in [0.2, 0.25) is 6.29 Å². The standard InChI is InChI=1S/C16H22F3NO6/c17-16(18,19)15(22)26-14(25-9-8-23-7-6-20)13(21)11-24-10-12-4-2-1-3-5-12/h1-5,13-14,21H,6-11,20H2/t13-,14?/m1/s1. The first-order chi connectivity index (χ1) is 12.3. The molecule has 0 aliphatic carbocycles. The van der Waals surface area contributed by atoms with Gasteiger partial charge in [-0.25, -0.2) is 4.79 Å². The summed E-state index contributed by atoms with van der Waals surface area (Å²) in [6.07, 6.45) is -8.66. The van der Waals surface area contributed by atoms with E-state index < -0.39 is 31.1 Å². The molecule has 0 amide bonds. The van der Waals surface area contributed by atoms with Crippen LogP contribution in [-0.4, -0.2) is 62.6 Å². The molecule has 148 valence electrons. The van der Waals surface area contributed by atoms with E-state index in [1.807, 2.05) is 6.07 Å². The van der Waals surface area contributed by atoms with Crippen LogP contribution in [0.5, 0.6) is 0 Å². The fourth-order valence-corrected chi connectivity index (χ4v) is 1.75. The third-order valence-corrected chi connectivity index (χ3v) is 2.94. The van der Waals surface area contributed by atoms with Crippen LogP contribution in [0.4, 0.5) is 13.2 Å². The second-order valence-corrected chi connectivity index (χ2v) is 5.11. The van der Waals surface area contributed by atoms with E-state index in [0.717, 1.165) is 5.56 Å². The Balaban J connectivity index is 2.50. The van der Waals surface area contributed by atoms with Crippen LogP contribution >= 0.6 is 0 Å². The maximum Gasteiger partial charge on any atom is 0.491 e. The molecule has 0 aliphatic heterocycles. The summed E-state index contributed by atoms with van der Waals surface area (Å²) in [5.74, 6) is -2.47. The molecular formula is C16H22F3NO6. The van der Waals surface area contributed by atoms with Gasteiger partial charge in [0.05, 0.1) is 33.0 Å². The molecule has 1 rings (SSSR count). The summed E-state index contributed by atoms with van der Waals surface area (Å²) < 4.78 is 56.5. The summed E-state index contributed by atoms with van der Waals surface area (Å²) in [5, 5.41) is 9.95. The van der Waals surface area contributed by atoms with Gasteiger partial charge in [-0.3, -0.25) is 0 Å². The van der Waals surface area contributed by atoms with Gasteiger partial charge in [0.1, 0.15) is 6.10 Å². The topological polar surface area (TPSA) is 100 Å². The number of rotatable bonds is 12. The fraction of sp³-hybridized carbons (Fsp3) is 0.562. The molecule has 26 heavy (non-hydrogen) atoms. The summed E-state index contributed by atoms with van der Waals surface area (Å²) >= 11 is 0. The number of esters is 1. The fourth-order valence-electron chi connectivity index (χ4n) is 1.75. The van der Waals surface area contributed by atoms with Crippen LogP contribution in [0.25, 0.3) is 0 Å². The molecule has 1 aromatic rings. The van der Waals surface area contributed by atoms with Gasteiger partial charge in [0.25, 0.3) is 0 Å². The zero-order valence-corrected chi connectivity index (χ0v) is 14.0. The minimum atomic E-state index is -5.21. The number of nitrogens with two attached hydrogens (primary N) is 1. The number of hydrogen-bond donors (Lipinski definition) is 2. The van der Waals surface area contributed by atoms with E-state index in [2.05, 4.69) is 4.74 Å². The highest BCUT2D eigenvalue weighted by Crippen LogP contribution is 2.19. The Hall–Kier alpha value is -1.72. The van der Waals surface area contributed by atoms with Gasteiger partial charge in [0.15, 0.2) is 0 Å². The molecule has 0 saturated heterocycles. The van der Waals surface area contributed by atoms with Crippen molar-refractivity contribution in [3.05, 3.63) is 35.9 Å². The Morgan fingerprint density at radius 3 is 2.42 bits per heavy atom. The zero-order chi connectivity index (χ0) is 19.4. The van der Waals surface area contributed by atoms with Crippen molar-refractivity contribution in [1.29, 1.82) is 0 Å². The van der Waals surface area contributed by atoms with Crippen molar-refractivity contribution in [3.8, 4) is 0 Å². The molecule has 10 heteroatoms. The smallest absolute Gasteiger partial charge is 0.426 e. The number of ether oxygens (including phenoxy) is 4. The van der Waals surface area contributed by atoms with Crippen LogP contribution in [0, 0.1) is 0 Å². The normalized spacial score (nSPS) is 14.0. The number of carbonyl (C=O) groups is 1. The number of aliphatic hydroxyl groups is 1. The molecule has 3 N–H and O–H groups in total. The summed E-state index contributed by atoms with van der Waals surface area (Å²) in [5.41, 5.74) is 6.02. The van der Waals surface area contributed by atoms with Gasteiger partial charge in [0, 0.05) is 6.54 Å². The number of aliphatic hydroxyl groups excluding tert-OH is 1. The minimum absolute atomic E-state index is 0.00879. The molecule has 0 aromatic heterocycles. The van der Waals surface area contributed by atoms with Crippen LogP contribution in [0.15, 0.2) is 30.3 Å². The van der Waals surface area contributed by atoms with Crippen molar-refractivity contribution in [2.24, 2.45) is 5.73 Å². The van der Waals surface area contributed by atoms with Gasteiger partial charge in [-0.1, -0.05) is 30.3 Å². The van der Waals surface area contributed by atoms with Crippen molar-refractivity contribution >= 4 is 5.97 Å². The van der Waals surface area contributed by atoms with E-state index in [-0.39, 0.29) is 33.0 Å². The van der Waals surface area contributed by atoms with Crippen LogP contribution < -0.4 is 5.73 Å². The first-order valence-electron chi connectivity index (χ1n) is 7.81. The Kier molecular flexibility index (Phi) is 10.1. The number of hydrogen-bond acceptors (Lipinski definition) is 7. The minimum Gasteiger partial charge on any atom is -0.426 e. The predicted molar refractivity (Wildman–Crippen MR) is 83.9 cm³/mol. The van der Waals surface area contributed by atoms with E-state index >= 15 is 0 Å². The molecule has 0 heterocycles. The molecule has 0 saturated carbocycles. The van der Waals surface area contributed by atoms with Crippen molar-refractivity contribution in [1.82, 2.24) is 0 Å². The lowest BCUT2D eigenvalue weighted by Crippen LogP contribution is -2.41. The third kappa shape index (κ3) is 9.11. The number of benzene rings is 1. The van der Waals surface area contributed by atoms with E-state index in [4.69, 9.17) is 19.9 Å². The first kappa shape index (κ1) is 22.3. The first-order valence-corrected chi connectivity index (χ1v) is 7.81. The van der Waals surface area contributed by atoms with Crippen molar-refractivity contribution in [2.75, 3.05) is 33.0 Å². The van der Waals surface area contributed by atoms with Gasteiger partial charge in [-0.2, -0.15) is 13.2 Å². The van der Waals surface area contributed by atoms with Crippen LogP contribution in [0.1, 0.15) is 5.56 Å². The highest BCUT2D eigenvalue weighted by atomic mass is 19.4. The number of alkyl halides is 3. The van der Waals surface area contributed by atoms with E-state index in [1.54, 1.807) is 24.3 Å². The molecular weight excluding hydrogens is 359 g/mol. The number of halogens is 3. The lowest BCUT2D eigenvalue weighted by Gasteiger charge is -2.23. The predicted octanol–water partition coefficient (Wildman–Crippen LogP) is 0.988. The second kappa shape index (κ2) is 11.8. The van der Waals surface area contributed by atoms with Crippen LogP contribution in [0.3, 0.4) is 0 Å². The molecule has 0 fully saturated rings. The Bertz CT molecular complexity index is 514. The van der Waals surface area contributed by atoms with E-state index in [9.17, 15) is 23.1 Å². The molecule has 2 atom stereocenters. The lowest BCUT2D eigenvalue weighted by atomic mass is 10.2. The molecule has 1 aromatic carbocycles. The molecule has 0 radical (unpaired) electrons. The van der Waals surface area contributed by atoms with Gasteiger partial charge >= 0.3 is 12.1 Å². The average Bonchev–Trinajstić information content (AvgIpc) is 2.60. The van der Waals surface area contributed by atoms with E-state index in [1.165, 1.54) is 0 Å².